The summed E-state index contributed by atoms with van der Waals surface area (Å²) >= 11 is 6.04. The minimum atomic E-state index is -1.05. The van der Waals surface area contributed by atoms with Gasteiger partial charge < -0.3 is 10.1 Å². The second-order valence-corrected chi connectivity index (χ2v) is 6.99. The largest absolute Gasteiger partial charge is 0.495 e. The highest BCUT2D eigenvalue weighted by molar-refractivity contribution is 6.32. The molecule has 30 heavy (non-hydrogen) atoms. The van der Waals surface area contributed by atoms with E-state index in [1.54, 1.807) is 12.1 Å². The summed E-state index contributed by atoms with van der Waals surface area (Å²) < 4.78 is 18.2. The molecule has 1 fully saturated rings. The number of carbonyl (C=O) groups excluding carboxylic acids is 3. The Bertz CT molecular complexity index is 1060. The standard InChI is InChI=1S/C19H15ClFN5O4/c1-30-14-7-4-11(8-13(14)20)22-15(27)9-25-17-16(23-24-25)18(28)26(19(17)29)12-5-2-10(21)3-6-12/h2-8,16-17H,9H2,1H3,(H,22,27)/t16-,17-/m0/s1. The molecule has 1 saturated heterocycles. The lowest BCUT2D eigenvalue weighted by atomic mass is 10.1. The lowest BCUT2D eigenvalue weighted by Crippen LogP contribution is -2.43. The third-order valence-corrected chi connectivity index (χ3v) is 4.98. The number of rotatable bonds is 5. The van der Waals surface area contributed by atoms with Crippen molar-refractivity contribution < 1.29 is 23.5 Å². The normalized spacial score (nSPS) is 20.0. The van der Waals surface area contributed by atoms with Crippen LogP contribution < -0.4 is 15.0 Å². The molecule has 3 amide bonds. The molecular formula is C19H15ClFN5O4. The summed E-state index contributed by atoms with van der Waals surface area (Å²) in [7, 11) is 1.48. The van der Waals surface area contributed by atoms with E-state index >= 15 is 0 Å². The smallest absolute Gasteiger partial charge is 0.263 e. The summed E-state index contributed by atoms with van der Waals surface area (Å²) in [6, 6.07) is 7.60. The van der Waals surface area contributed by atoms with Crippen molar-refractivity contribution in [2.24, 2.45) is 10.3 Å². The highest BCUT2D eigenvalue weighted by Gasteiger charge is 2.55. The van der Waals surface area contributed by atoms with Gasteiger partial charge in [-0.25, -0.2) is 9.29 Å². The molecule has 0 aliphatic carbocycles. The van der Waals surface area contributed by atoms with E-state index in [-0.39, 0.29) is 12.2 Å². The predicted molar refractivity (Wildman–Crippen MR) is 105 cm³/mol. The number of nitrogens with one attached hydrogen (secondary N) is 1. The van der Waals surface area contributed by atoms with Crippen molar-refractivity contribution in [3.63, 3.8) is 0 Å². The molecule has 1 N–H and O–H groups in total. The highest BCUT2D eigenvalue weighted by atomic mass is 35.5. The van der Waals surface area contributed by atoms with E-state index < -0.39 is 35.6 Å². The van der Waals surface area contributed by atoms with Crippen LogP contribution in [0.25, 0.3) is 0 Å². The molecule has 154 valence electrons. The minimum absolute atomic E-state index is 0.230. The number of methoxy groups -OCH3 is 1. The summed E-state index contributed by atoms with van der Waals surface area (Å²) in [6.07, 6.45) is 0. The summed E-state index contributed by atoms with van der Waals surface area (Å²) in [4.78, 5) is 38.8. The molecule has 0 unspecified atom stereocenters. The van der Waals surface area contributed by atoms with Gasteiger partial charge in [0.25, 0.3) is 11.8 Å². The minimum Gasteiger partial charge on any atom is -0.495 e. The Morgan fingerprint density at radius 1 is 1.20 bits per heavy atom. The van der Waals surface area contributed by atoms with Gasteiger partial charge in [0.15, 0.2) is 12.1 Å². The highest BCUT2D eigenvalue weighted by Crippen LogP contribution is 2.32. The fourth-order valence-electron chi connectivity index (χ4n) is 3.29. The van der Waals surface area contributed by atoms with Crippen LogP contribution >= 0.6 is 11.6 Å². The Hall–Kier alpha value is -3.53. The van der Waals surface area contributed by atoms with Crippen molar-refractivity contribution in [1.29, 1.82) is 0 Å². The molecule has 9 nitrogen and oxygen atoms in total. The van der Waals surface area contributed by atoms with E-state index in [0.717, 1.165) is 22.0 Å². The number of carbonyl (C=O) groups is 3. The topological polar surface area (TPSA) is 104 Å². The number of hydrogen-bond acceptors (Lipinski definition) is 7. The van der Waals surface area contributed by atoms with Gasteiger partial charge in [0.2, 0.25) is 5.91 Å². The van der Waals surface area contributed by atoms with Gasteiger partial charge in [-0.1, -0.05) is 16.8 Å². The Kier molecular flexibility index (Phi) is 5.08. The van der Waals surface area contributed by atoms with Gasteiger partial charge in [0.05, 0.1) is 17.8 Å². The summed E-state index contributed by atoms with van der Waals surface area (Å²) in [6.45, 7) is -0.301. The second-order valence-electron chi connectivity index (χ2n) is 6.58. The third-order valence-electron chi connectivity index (χ3n) is 4.68. The van der Waals surface area contributed by atoms with Crippen LogP contribution in [0.3, 0.4) is 0 Å². The maximum atomic E-state index is 13.2. The van der Waals surface area contributed by atoms with Crippen LogP contribution in [0.4, 0.5) is 15.8 Å². The van der Waals surface area contributed by atoms with Gasteiger partial charge in [0.1, 0.15) is 18.1 Å². The van der Waals surface area contributed by atoms with Crippen LogP contribution in [0.15, 0.2) is 52.8 Å². The number of imide groups is 1. The number of amides is 3. The zero-order valence-corrected chi connectivity index (χ0v) is 16.3. The van der Waals surface area contributed by atoms with Crippen LogP contribution in [0.2, 0.25) is 5.02 Å². The Balaban J connectivity index is 1.46. The molecule has 2 aliphatic rings. The number of hydrogen-bond donors (Lipinski definition) is 1. The SMILES string of the molecule is COc1ccc(NC(=O)CN2N=N[C@@H]3C(=O)N(c4ccc(F)cc4)C(=O)[C@H]32)cc1Cl. The molecule has 2 aliphatic heterocycles. The lowest BCUT2D eigenvalue weighted by molar-refractivity contribution is -0.123. The fraction of sp³-hybridized carbons (Fsp3) is 0.211. The lowest BCUT2D eigenvalue weighted by Gasteiger charge is -2.20. The average Bonchev–Trinajstić information content (AvgIpc) is 3.23. The summed E-state index contributed by atoms with van der Waals surface area (Å²) in [5.74, 6) is -1.67. The van der Waals surface area contributed by atoms with Gasteiger partial charge in [-0.15, -0.1) is 0 Å². The van der Waals surface area contributed by atoms with Crippen LogP contribution in [0.5, 0.6) is 5.75 Å². The molecule has 0 bridgehead atoms. The average molecular weight is 432 g/mol. The van der Waals surface area contributed by atoms with E-state index in [9.17, 15) is 18.8 Å². The second kappa shape index (κ2) is 7.71. The zero-order valence-electron chi connectivity index (χ0n) is 15.6. The predicted octanol–water partition coefficient (Wildman–Crippen LogP) is 2.42. The van der Waals surface area contributed by atoms with Gasteiger partial charge >= 0.3 is 0 Å². The maximum absolute atomic E-state index is 13.2. The number of fused-ring (bicyclic) bond motifs is 1. The Morgan fingerprint density at radius 2 is 1.93 bits per heavy atom. The Morgan fingerprint density at radius 3 is 2.60 bits per heavy atom. The van der Waals surface area contributed by atoms with E-state index in [4.69, 9.17) is 16.3 Å². The summed E-state index contributed by atoms with van der Waals surface area (Å²) in [5.41, 5.74) is 0.661. The number of anilines is 2. The quantitative estimate of drug-likeness (QED) is 0.732. The van der Waals surface area contributed by atoms with Gasteiger partial charge in [-0.3, -0.25) is 19.4 Å². The van der Waals surface area contributed by atoms with Gasteiger partial charge in [0, 0.05) is 5.69 Å². The first-order valence-electron chi connectivity index (χ1n) is 8.83. The van der Waals surface area contributed by atoms with Crippen molar-refractivity contribution >= 4 is 40.7 Å². The fourth-order valence-corrected chi connectivity index (χ4v) is 3.55. The van der Waals surface area contributed by atoms with E-state index in [1.807, 2.05) is 0 Å². The van der Waals surface area contributed by atoms with Crippen molar-refractivity contribution in [3.8, 4) is 5.75 Å². The number of benzene rings is 2. The first kappa shape index (κ1) is 19.8. The molecule has 0 aromatic heterocycles. The molecule has 0 saturated carbocycles. The van der Waals surface area contributed by atoms with Gasteiger partial charge in [-0.2, -0.15) is 5.11 Å². The van der Waals surface area contributed by atoms with Crippen LogP contribution in [-0.4, -0.2) is 48.5 Å². The molecule has 2 aromatic rings. The van der Waals surface area contributed by atoms with Gasteiger partial charge in [-0.05, 0) is 42.5 Å². The number of ether oxygens (including phenoxy) is 1. The number of nitrogens with zero attached hydrogens (tertiary/aromatic N) is 4. The van der Waals surface area contributed by atoms with Crippen molar-refractivity contribution in [2.75, 3.05) is 23.9 Å². The monoisotopic (exact) mass is 431 g/mol. The third kappa shape index (κ3) is 3.45. The molecular weight excluding hydrogens is 417 g/mol. The molecule has 0 radical (unpaired) electrons. The molecule has 11 heteroatoms. The van der Waals surface area contributed by atoms with E-state index in [1.165, 1.54) is 25.3 Å². The molecule has 4 rings (SSSR count). The molecule has 0 spiro atoms. The van der Waals surface area contributed by atoms with E-state index in [2.05, 4.69) is 15.7 Å². The first-order valence-corrected chi connectivity index (χ1v) is 9.21. The zero-order chi connectivity index (χ0) is 21.4. The van der Waals surface area contributed by atoms with E-state index in [0.29, 0.717) is 16.5 Å². The van der Waals surface area contributed by atoms with Crippen molar-refractivity contribution in [1.82, 2.24) is 5.01 Å². The van der Waals surface area contributed by atoms with Crippen LogP contribution in [-0.2, 0) is 14.4 Å². The van der Waals surface area contributed by atoms with Crippen LogP contribution in [0.1, 0.15) is 0 Å². The van der Waals surface area contributed by atoms with Crippen LogP contribution in [0, 0.1) is 5.82 Å². The molecule has 2 atom stereocenters. The molecule has 2 heterocycles. The maximum Gasteiger partial charge on any atom is 0.263 e. The van der Waals surface area contributed by atoms with Crippen molar-refractivity contribution in [3.05, 3.63) is 53.3 Å². The molecule has 2 aromatic carbocycles. The Labute approximate surface area is 175 Å². The number of halogens is 2. The van der Waals surface area contributed by atoms with Crippen molar-refractivity contribution in [2.45, 2.75) is 12.1 Å². The first-order chi connectivity index (χ1) is 14.4. The summed E-state index contributed by atoms with van der Waals surface area (Å²) in [5, 5.41) is 11.8.